The van der Waals surface area contributed by atoms with Crippen molar-refractivity contribution < 1.29 is 14.0 Å². The molecule has 0 spiro atoms. The third-order valence-electron chi connectivity index (χ3n) is 5.19. The maximum absolute atomic E-state index is 13.3. The molecular weight excluding hydrogens is 459 g/mol. The fourth-order valence-corrected chi connectivity index (χ4v) is 4.42. The highest BCUT2D eigenvalue weighted by molar-refractivity contribution is 7.99. The molecule has 0 saturated heterocycles. The van der Waals surface area contributed by atoms with Crippen LogP contribution in [0.15, 0.2) is 78.9 Å². The van der Waals surface area contributed by atoms with Crippen LogP contribution in [0.2, 0.25) is 5.02 Å². The van der Waals surface area contributed by atoms with E-state index >= 15 is 0 Å². The van der Waals surface area contributed by atoms with Gasteiger partial charge in [0.1, 0.15) is 11.9 Å². The molecule has 3 aromatic rings. The Hall–Kier alpha value is -2.83. The molecule has 0 aliphatic rings. The van der Waals surface area contributed by atoms with Gasteiger partial charge in [0.2, 0.25) is 11.8 Å². The minimum Gasteiger partial charge on any atom is -0.357 e. The van der Waals surface area contributed by atoms with E-state index in [0.717, 1.165) is 16.7 Å². The second kappa shape index (κ2) is 12.4. The van der Waals surface area contributed by atoms with Gasteiger partial charge in [-0.1, -0.05) is 66.2 Å². The Labute approximate surface area is 203 Å². The van der Waals surface area contributed by atoms with E-state index in [2.05, 4.69) is 5.32 Å². The van der Waals surface area contributed by atoms with Crippen LogP contribution in [0.5, 0.6) is 0 Å². The number of halogens is 2. The number of hydrogen-bond acceptors (Lipinski definition) is 3. The normalized spacial score (nSPS) is 11.6. The molecule has 7 heteroatoms. The highest BCUT2D eigenvalue weighted by Gasteiger charge is 2.29. The van der Waals surface area contributed by atoms with Crippen molar-refractivity contribution in [2.75, 3.05) is 12.8 Å². The predicted molar refractivity (Wildman–Crippen MR) is 133 cm³/mol. The molecular formula is C26H26ClFN2O2S. The number of nitrogens with one attached hydrogen (secondary N) is 1. The lowest BCUT2D eigenvalue weighted by Gasteiger charge is -2.31. The zero-order valence-electron chi connectivity index (χ0n) is 18.3. The lowest BCUT2D eigenvalue weighted by Crippen LogP contribution is -2.50. The first-order valence-electron chi connectivity index (χ1n) is 10.6. The zero-order valence-corrected chi connectivity index (χ0v) is 19.9. The molecule has 0 fully saturated rings. The number of hydrogen-bond donors (Lipinski definition) is 1. The molecule has 0 unspecified atom stereocenters. The lowest BCUT2D eigenvalue weighted by molar-refractivity contribution is -0.139. The number of thioether (sulfide) groups is 1. The zero-order chi connectivity index (χ0) is 23.6. The van der Waals surface area contributed by atoms with Gasteiger partial charge >= 0.3 is 0 Å². The molecule has 1 atom stereocenters. The van der Waals surface area contributed by atoms with Gasteiger partial charge in [0.05, 0.1) is 5.75 Å². The summed E-state index contributed by atoms with van der Waals surface area (Å²) in [5.74, 6) is 0.131. The van der Waals surface area contributed by atoms with E-state index in [-0.39, 0.29) is 29.9 Å². The van der Waals surface area contributed by atoms with Crippen molar-refractivity contribution in [3.63, 3.8) is 0 Å². The largest absolute Gasteiger partial charge is 0.357 e. The Morgan fingerprint density at radius 1 is 0.939 bits per heavy atom. The molecule has 0 aliphatic carbocycles. The van der Waals surface area contributed by atoms with E-state index in [4.69, 9.17) is 11.6 Å². The van der Waals surface area contributed by atoms with Crippen LogP contribution < -0.4 is 5.32 Å². The van der Waals surface area contributed by atoms with E-state index in [9.17, 15) is 14.0 Å². The molecule has 3 aromatic carbocycles. The number of likely N-dealkylation sites (N-methyl/N-ethyl adjacent to an activating group) is 1. The van der Waals surface area contributed by atoms with Crippen molar-refractivity contribution in [2.45, 2.75) is 24.8 Å². The molecule has 0 saturated carbocycles. The molecule has 1 N–H and O–H groups in total. The second-order valence-corrected chi connectivity index (χ2v) is 9.01. The van der Waals surface area contributed by atoms with Crippen molar-refractivity contribution in [1.82, 2.24) is 10.2 Å². The van der Waals surface area contributed by atoms with E-state index in [0.29, 0.717) is 17.2 Å². The maximum Gasteiger partial charge on any atom is 0.242 e. The summed E-state index contributed by atoms with van der Waals surface area (Å²) >= 11 is 7.46. The number of carbonyl (C=O) groups is 2. The highest BCUT2D eigenvalue weighted by Crippen LogP contribution is 2.19. The SMILES string of the molecule is CNC(=O)[C@@H](Cc1ccccc1)N(Cc1ccc(Cl)cc1)C(=O)CSCc1ccc(F)cc1. The van der Waals surface area contributed by atoms with Crippen LogP contribution in [0.3, 0.4) is 0 Å². The Bertz CT molecular complexity index is 1050. The Morgan fingerprint density at radius 3 is 2.21 bits per heavy atom. The molecule has 4 nitrogen and oxygen atoms in total. The number of nitrogens with zero attached hydrogens (tertiary/aromatic N) is 1. The molecule has 2 amide bonds. The molecule has 0 heterocycles. The van der Waals surface area contributed by atoms with Crippen LogP contribution in [0, 0.1) is 5.82 Å². The van der Waals surface area contributed by atoms with Gasteiger partial charge in [-0.3, -0.25) is 9.59 Å². The highest BCUT2D eigenvalue weighted by atomic mass is 35.5. The predicted octanol–water partition coefficient (Wildman–Crippen LogP) is 5.10. The molecule has 3 rings (SSSR count). The van der Waals surface area contributed by atoms with Crippen molar-refractivity contribution >= 4 is 35.2 Å². The number of amides is 2. The van der Waals surface area contributed by atoms with Gasteiger partial charge in [-0.25, -0.2) is 4.39 Å². The van der Waals surface area contributed by atoms with E-state index in [1.165, 1.54) is 23.9 Å². The first kappa shape index (κ1) is 24.8. The third kappa shape index (κ3) is 7.62. The van der Waals surface area contributed by atoms with Crippen LogP contribution in [0.4, 0.5) is 4.39 Å². The van der Waals surface area contributed by atoms with E-state index in [1.807, 2.05) is 42.5 Å². The van der Waals surface area contributed by atoms with Gasteiger partial charge in [-0.2, -0.15) is 0 Å². The second-order valence-electron chi connectivity index (χ2n) is 7.59. The maximum atomic E-state index is 13.3. The average molecular weight is 485 g/mol. The van der Waals surface area contributed by atoms with E-state index < -0.39 is 6.04 Å². The Balaban J connectivity index is 1.79. The van der Waals surface area contributed by atoms with Crippen molar-refractivity contribution in [3.05, 3.63) is 106 Å². The summed E-state index contributed by atoms with van der Waals surface area (Å²) in [4.78, 5) is 27.8. The molecule has 0 aromatic heterocycles. The van der Waals surface area contributed by atoms with Gasteiger partial charge in [-0.15, -0.1) is 11.8 Å². The van der Waals surface area contributed by atoms with Gasteiger partial charge in [0.25, 0.3) is 0 Å². The number of rotatable bonds is 10. The molecule has 172 valence electrons. The van der Waals surface area contributed by atoms with Crippen LogP contribution in [0.1, 0.15) is 16.7 Å². The van der Waals surface area contributed by atoms with Crippen molar-refractivity contribution in [2.24, 2.45) is 0 Å². The van der Waals surface area contributed by atoms with Crippen molar-refractivity contribution in [1.29, 1.82) is 0 Å². The fourth-order valence-electron chi connectivity index (χ4n) is 3.43. The fraction of sp³-hybridized carbons (Fsp3) is 0.231. The minimum atomic E-state index is -0.660. The summed E-state index contributed by atoms with van der Waals surface area (Å²) in [6, 6.07) is 22.5. The van der Waals surface area contributed by atoms with Crippen LogP contribution in [-0.2, 0) is 28.3 Å². The minimum absolute atomic E-state index is 0.137. The summed E-state index contributed by atoms with van der Waals surface area (Å²) in [6.07, 6.45) is 0.405. The molecule has 0 radical (unpaired) electrons. The molecule has 0 bridgehead atoms. The first-order chi connectivity index (χ1) is 16.0. The van der Waals surface area contributed by atoms with Crippen LogP contribution in [-0.4, -0.2) is 35.6 Å². The van der Waals surface area contributed by atoms with Crippen molar-refractivity contribution in [3.8, 4) is 0 Å². The third-order valence-corrected chi connectivity index (χ3v) is 6.43. The Kier molecular flexibility index (Phi) is 9.34. The standard InChI is InChI=1S/C26H26ClFN2O2S/c1-29-26(32)24(15-19-5-3-2-4-6-19)30(16-20-7-11-22(27)12-8-20)25(31)18-33-17-21-9-13-23(28)14-10-21/h2-14,24H,15-18H2,1H3,(H,29,32)/t24-/m1/s1. The average Bonchev–Trinajstić information content (AvgIpc) is 2.83. The lowest BCUT2D eigenvalue weighted by atomic mass is 10.0. The summed E-state index contributed by atoms with van der Waals surface area (Å²) < 4.78 is 13.1. The summed E-state index contributed by atoms with van der Waals surface area (Å²) in [6.45, 7) is 0.290. The number of carbonyl (C=O) groups excluding carboxylic acids is 2. The van der Waals surface area contributed by atoms with Gasteiger partial charge in [0, 0.05) is 30.8 Å². The van der Waals surface area contributed by atoms with Crippen LogP contribution in [0.25, 0.3) is 0 Å². The monoisotopic (exact) mass is 484 g/mol. The van der Waals surface area contributed by atoms with Gasteiger partial charge in [-0.05, 0) is 41.0 Å². The molecule has 33 heavy (non-hydrogen) atoms. The smallest absolute Gasteiger partial charge is 0.242 e. The van der Waals surface area contributed by atoms with Gasteiger partial charge < -0.3 is 10.2 Å². The van der Waals surface area contributed by atoms with Crippen LogP contribution >= 0.6 is 23.4 Å². The Morgan fingerprint density at radius 2 is 1.58 bits per heavy atom. The van der Waals surface area contributed by atoms with E-state index in [1.54, 1.807) is 36.2 Å². The quantitative estimate of drug-likeness (QED) is 0.435. The summed E-state index contributed by atoms with van der Waals surface area (Å²) in [5, 5.41) is 3.32. The van der Waals surface area contributed by atoms with Gasteiger partial charge in [0.15, 0.2) is 0 Å². The summed E-state index contributed by atoms with van der Waals surface area (Å²) in [7, 11) is 1.58. The topological polar surface area (TPSA) is 49.4 Å². The first-order valence-corrected chi connectivity index (χ1v) is 12.1. The molecule has 0 aliphatic heterocycles. The number of benzene rings is 3. The summed E-state index contributed by atoms with van der Waals surface area (Å²) in [5.41, 5.74) is 2.79.